The van der Waals surface area contributed by atoms with Crippen molar-refractivity contribution in [3.63, 3.8) is 0 Å². The first kappa shape index (κ1) is 11.6. The molecule has 0 saturated heterocycles. The van der Waals surface area contributed by atoms with Gasteiger partial charge in [-0.3, -0.25) is 4.57 Å². The SMILES string of the molecule is Cc1ccccc1Cn1c(=O)oc2cc(N)ccc21. The number of rotatable bonds is 2. The molecule has 2 aromatic carbocycles. The fraction of sp³-hybridized carbons (Fsp3) is 0.133. The molecule has 0 unspecified atom stereocenters. The van der Waals surface area contributed by atoms with Crippen molar-refractivity contribution >= 4 is 16.8 Å². The van der Waals surface area contributed by atoms with E-state index in [-0.39, 0.29) is 5.76 Å². The van der Waals surface area contributed by atoms with Gasteiger partial charge in [0.15, 0.2) is 5.58 Å². The molecule has 19 heavy (non-hydrogen) atoms. The number of oxazole rings is 1. The largest absolute Gasteiger partial charge is 0.420 e. The van der Waals surface area contributed by atoms with Crippen LogP contribution in [-0.2, 0) is 6.54 Å². The van der Waals surface area contributed by atoms with Crippen LogP contribution in [0, 0.1) is 6.92 Å². The van der Waals surface area contributed by atoms with Gasteiger partial charge in [0.05, 0.1) is 12.1 Å². The van der Waals surface area contributed by atoms with E-state index >= 15 is 0 Å². The number of nitrogens with two attached hydrogens (primary N) is 1. The molecule has 1 aromatic heterocycles. The lowest BCUT2D eigenvalue weighted by Gasteiger charge is -2.06. The molecule has 0 atom stereocenters. The normalized spacial score (nSPS) is 11.0. The summed E-state index contributed by atoms with van der Waals surface area (Å²) in [6, 6.07) is 13.2. The Hall–Kier alpha value is -2.49. The number of fused-ring (bicyclic) bond motifs is 1. The van der Waals surface area contributed by atoms with E-state index in [1.54, 1.807) is 16.7 Å². The average molecular weight is 254 g/mol. The van der Waals surface area contributed by atoms with Gasteiger partial charge < -0.3 is 10.2 Å². The van der Waals surface area contributed by atoms with E-state index in [2.05, 4.69) is 0 Å². The first-order valence-corrected chi connectivity index (χ1v) is 6.08. The molecule has 0 amide bonds. The second-order valence-electron chi connectivity index (χ2n) is 4.61. The van der Waals surface area contributed by atoms with Crippen LogP contribution in [0.3, 0.4) is 0 Å². The first-order valence-electron chi connectivity index (χ1n) is 6.08. The van der Waals surface area contributed by atoms with Crippen LogP contribution in [0.1, 0.15) is 11.1 Å². The van der Waals surface area contributed by atoms with E-state index in [4.69, 9.17) is 10.2 Å². The number of benzene rings is 2. The monoisotopic (exact) mass is 254 g/mol. The topological polar surface area (TPSA) is 61.2 Å². The molecule has 1 heterocycles. The minimum absolute atomic E-state index is 0.358. The summed E-state index contributed by atoms with van der Waals surface area (Å²) in [4.78, 5) is 11.9. The Balaban J connectivity index is 2.13. The Morgan fingerprint density at radius 2 is 2.00 bits per heavy atom. The van der Waals surface area contributed by atoms with E-state index < -0.39 is 0 Å². The Morgan fingerprint density at radius 1 is 1.21 bits per heavy atom. The molecule has 0 aliphatic heterocycles. The summed E-state index contributed by atoms with van der Waals surface area (Å²) in [7, 11) is 0. The maximum atomic E-state index is 11.9. The highest BCUT2D eigenvalue weighted by molar-refractivity contribution is 5.76. The van der Waals surface area contributed by atoms with Gasteiger partial charge in [-0.05, 0) is 30.2 Å². The fourth-order valence-electron chi connectivity index (χ4n) is 2.19. The zero-order chi connectivity index (χ0) is 13.4. The minimum Gasteiger partial charge on any atom is -0.408 e. The molecule has 0 saturated carbocycles. The van der Waals surface area contributed by atoms with E-state index in [9.17, 15) is 4.79 Å². The van der Waals surface area contributed by atoms with E-state index in [0.29, 0.717) is 17.8 Å². The average Bonchev–Trinajstić information content (AvgIpc) is 2.68. The summed E-state index contributed by atoms with van der Waals surface area (Å²) in [6.07, 6.45) is 0. The van der Waals surface area contributed by atoms with Gasteiger partial charge in [-0.25, -0.2) is 4.79 Å². The third-order valence-electron chi connectivity index (χ3n) is 3.28. The fourth-order valence-corrected chi connectivity index (χ4v) is 2.19. The van der Waals surface area contributed by atoms with Crippen LogP contribution in [0.4, 0.5) is 5.69 Å². The second-order valence-corrected chi connectivity index (χ2v) is 4.61. The quantitative estimate of drug-likeness (QED) is 0.715. The molecule has 4 heteroatoms. The molecule has 0 spiro atoms. The number of nitrogens with zero attached hydrogens (tertiary/aromatic N) is 1. The van der Waals surface area contributed by atoms with Crippen molar-refractivity contribution in [2.75, 3.05) is 5.73 Å². The highest BCUT2D eigenvalue weighted by Crippen LogP contribution is 2.18. The second kappa shape index (κ2) is 4.31. The number of hydrogen-bond acceptors (Lipinski definition) is 3. The van der Waals surface area contributed by atoms with Crippen LogP contribution >= 0.6 is 0 Å². The van der Waals surface area contributed by atoms with Gasteiger partial charge in [0.1, 0.15) is 0 Å². The van der Waals surface area contributed by atoms with Crippen LogP contribution in [-0.4, -0.2) is 4.57 Å². The zero-order valence-corrected chi connectivity index (χ0v) is 10.6. The van der Waals surface area contributed by atoms with Crippen LogP contribution in [0.5, 0.6) is 0 Å². The maximum absolute atomic E-state index is 11.9. The van der Waals surface area contributed by atoms with Gasteiger partial charge in [0.25, 0.3) is 0 Å². The summed E-state index contributed by atoms with van der Waals surface area (Å²) >= 11 is 0. The lowest BCUT2D eigenvalue weighted by molar-refractivity contribution is 0.517. The zero-order valence-electron chi connectivity index (χ0n) is 10.6. The van der Waals surface area contributed by atoms with Gasteiger partial charge in [-0.2, -0.15) is 0 Å². The molecule has 0 aliphatic rings. The molecular formula is C15H14N2O2. The predicted octanol–water partition coefficient (Wildman–Crippen LogP) is 2.53. The molecule has 3 rings (SSSR count). The molecular weight excluding hydrogens is 240 g/mol. The summed E-state index contributed by atoms with van der Waals surface area (Å²) in [5, 5.41) is 0. The van der Waals surface area contributed by atoms with E-state index in [0.717, 1.165) is 16.6 Å². The summed E-state index contributed by atoms with van der Waals surface area (Å²) < 4.78 is 6.84. The number of aryl methyl sites for hydroxylation is 1. The predicted molar refractivity (Wildman–Crippen MR) is 75.2 cm³/mol. The number of anilines is 1. The van der Waals surface area contributed by atoms with Crippen LogP contribution in [0.25, 0.3) is 11.1 Å². The minimum atomic E-state index is -0.358. The van der Waals surface area contributed by atoms with Gasteiger partial charge >= 0.3 is 5.76 Å². The van der Waals surface area contributed by atoms with Gasteiger partial charge in [0.2, 0.25) is 0 Å². The van der Waals surface area contributed by atoms with Gasteiger partial charge in [-0.15, -0.1) is 0 Å². The Kier molecular flexibility index (Phi) is 2.63. The summed E-state index contributed by atoms with van der Waals surface area (Å²) in [5.74, 6) is -0.358. The number of aromatic nitrogens is 1. The van der Waals surface area contributed by atoms with Crippen molar-refractivity contribution < 1.29 is 4.42 Å². The first-order chi connectivity index (χ1) is 9.15. The summed E-state index contributed by atoms with van der Waals surface area (Å²) in [5.41, 5.74) is 9.82. The van der Waals surface area contributed by atoms with Crippen molar-refractivity contribution in [2.24, 2.45) is 0 Å². The lowest BCUT2D eigenvalue weighted by Crippen LogP contribution is -2.15. The van der Waals surface area contributed by atoms with Crippen LogP contribution in [0.15, 0.2) is 51.7 Å². The molecule has 0 aliphatic carbocycles. The molecule has 0 radical (unpaired) electrons. The Morgan fingerprint density at radius 3 is 2.79 bits per heavy atom. The number of hydrogen-bond donors (Lipinski definition) is 1. The maximum Gasteiger partial charge on any atom is 0.420 e. The Bertz CT molecular complexity index is 799. The third-order valence-corrected chi connectivity index (χ3v) is 3.28. The molecule has 0 bridgehead atoms. The molecule has 96 valence electrons. The van der Waals surface area contributed by atoms with Crippen molar-refractivity contribution in [2.45, 2.75) is 13.5 Å². The van der Waals surface area contributed by atoms with Crippen molar-refractivity contribution in [1.29, 1.82) is 0 Å². The van der Waals surface area contributed by atoms with Crippen molar-refractivity contribution in [1.82, 2.24) is 4.57 Å². The molecule has 2 N–H and O–H groups in total. The molecule has 3 aromatic rings. The standard InChI is InChI=1S/C15H14N2O2/c1-10-4-2-3-5-11(10)9-17-13-7-6-12(16)8-14(13)19-15(17)18/h2-8H,9,16H2,1H3. The lowest BCUT2D eigenvalue weighted by atomic mass is 10.1. The number of nitrogen functional groups attached to an aromatic ring is 1. The van der Waals surface area contributed by atoms with E-state index in [1.165, 1.54) is 0 Å². The van der Waals surface area contributed by atoms with Gasteiger partial charge in [0, 0.05) is 11.8 Å². The van der Waals surface area contributed by atoms with Crippen LogP contribution in [0.2, 0.25) is 0 Å². The summed E-state index contributed by atoms with van der Waals surface area (Å²) in [6.45, 7) is 2.53. The van der Waals surface area contributed by atoms with E-state index in [1.807, 2.05) is 37.3 Å². The van der Waals surface area contributed by atoms with Gasteiger partial charge in [-0.1, -0.05) is 24.3 Å². The van der Waals surface area contributed by atoms with Crippen LogP contribution < -0.4 is 11.5 Å². The molecule has 0 fully saturated rings. The third kappa shape index (κ3) is 2.01. The van der Waals surface area contributed by atoms with Crippen molar-refractivity contribution in [3.8, 4) is 0 Å². The smallest absolute Gasteiger partial charge is 0.408 e. The molecule has 4 nitrogen and oxygen atoms in total. The van der Waals surface area contributed by atoms with Crippen molar-refractivity contribution in [3.05, 3.63) is 64.1 Å². The highest BCUT2D eigenvalue weighted by Gasteiger charge is 2.10. The highest BCUT2D eigenvalue weighted by atomic mass is 16.4. The Labute approximate surface area is 110 Å².